The molecule has 4 nitrogen and oxygen atoms in total. The number of hydrogen-bond acceptors (Lipinski definition) is 4. The van der Waals surface area contributed by atoms with Crippen molar-refractivity contribution in [2.75, 3.05) is 5.73 Å². The van der Waals surface area contributed by atoms with E-state index in [4.69, 9.17) is 11.6 Å². The molecule has 1 unspecified atom stereocenters. The summed E-state index contributed by atoms with van der Waals surface area (Å²) in [5, 5.41) is 0. The van der Waals surface area contributed by atoms with Crippen molar-refractivity contribution in [1.29, 1.82) is 0 Å². The van der Waals surface area contributed by atoms with E-state index in [1.165, 1.54) is 6.07 Å². The lowest BCUT2D eigenvalue weighted by atomic mass is 9.99. The molecule has 1 atom stereocenters. The minimum atomic E-state index is -0.387. The lowest BCUT2D eigenvalue weighted by Crippen LogP contribution is -2.30. The van der Waals surface area contributed by atoms with Crippen molar-refractivity contribution in [3.8, 4) is 0 Å². The molecule has 0 amide bonds. The number of halogens is 2. The van der Waals surface area contributed by atoms with Gasteiger partial charge >= 0.3 is 0 Å². The summed E-state index contributed by atoms with van der Waals surface area (Å²) < 4.78 is 14.6. The molecule has 0 fully saturated rings. The van der Waals surface area contributed by atoms with Crippen LogP contribution < -0.4 is 17.0 Å². The highest BCUT2D eigenvalue weighted by Crippen LogP contribution is 2.29. The number of aromatic nitrogens is 1. The lowest BCUT2D eigenvalue weighted by Gasteiger charge is -2.19. The highest BCUT2D eigenvalue weighted by atomic mass is 79.9. The number of pyridine rings is 1. The predicted octanol–water partition coefficient (Wildman–Crippen LogP) is 2.31. The fourth-order valence-corrected chi connectivity index (χ4v) is 2.53. The van der Waals surface area contributed by atoms with Crippen molar-refractivity contribution in [3.05, 3.63) is 58.1 Å². The van der Waals surface area contributed by atoms with Gasteiger partial charge in [0.15, 0.2) is 0 Å². The molecule has 0 aliphatic carbocycles. The smallest absolute Gasteiger partial charge is 0.129 e. The third kappa shape index (κ3) is 3.09. The third-order valence-corrected chi connectivity index (χ3v) is 3.61. The van der Waals surface area contributed by atoms with Gasteiger partial charge < -0.3 is 5.73 Å². The number of benzene rings is 1. The highest BCUT2D eigenvalue weighted by molar-refractivity contribution is 9.10. The largest absolute Gasteiger partial charge is 0.398 e. The Hall–Kier alpha value is -1.50. The van der Waals surface area contributed by atoms with Gasteiger partial charge in [0.2, 0.25) is 0 Å². The van der Waals surface area contributed by atoms with E-state index in [-0.39, 0.29) is 11.9 Å². The molecule has 100 valence electrons. The van der Waals surface area contributed by atoms with Crippen LogP contribution in [0.4, 0.5) is 10.1 Å². The molecule has 0 radical (unpaired) electrons. The molecule has 1 aromatic carbocycles. The third-order valence-electron chi connectivity index (χ3n) is 2.91. The van der Waals surface area contributed by atoms with E-state index in [2.05, 4.69) is 26.3 Å². The molecule has 2 aromatic rings. The monoisotopic (exact) mass is 324 g/mol. The second-order valence-corrected chi connectivity index (χ2v) is 4.99. The minimum absolute atomic E-state index is 0.320. The summed E-state index contributed by atoms with van der Waals surface area (Å²) >= 11 is 3.34. The van der Waals surface area contributed by atoms with Crippen molar-refractivity contribution in [3.63, 3.8) is 0 Å². The summed E-state index contributed by atoms with van der Waals surface area (Å²) in [4.78, 5) is 4.02. The van der Waals surface area contributed by atoms with Gasteiger partial charge in [-0.15, -0.1) is 0 Å². The van der Waals surface area contributed by atoms with Crippen LogP contribution in [-0.2, 0) is 6.42 Å². The maximum Gasteiger partial charge on any atom is 0.129 e. The van der Waals surface area contributed by atoms with E-state index in [9.17, 15) is 4.39 Å². The minimum Gasteiger partial charge on any atom is -0.398 e. The topological polar surface area (TPSA) is 77.0 Å². The predicted molar refractivity (Wildman–Crippen MR) is 76.5 cm³/mol. The van der Waals surface area contributed by atoms with Crippen LogP contribution in [0.3, 0.4) is 0 Å². The van der Waals surface area contributed by atoms with Crippen molar-refractivity contribution in [2.45, 2.75) is 12.5 Å². The van der Waals surface area contributed by atoms with Gasteiger partial charge in [-0.25, -0.2) is 4.39 Å². The van der Waals surface area contributed by atoms with Gasteiger partial charge in [0.25, 0.3) is 0 Å². The van der Waals surface area contributed by atoms with E-state index in [1.54, 1.807) is 30.6 Å². The Balaban J connectivity index is 2.34. The standard InChI is InChI=1S/C13H14BrFN4/c14-9-2-1-3-10(15)13(9)12(19-17)6-8-7-18-5-4-11(8)16/h1-5,7,12,19H,6,17H2,(H2,16,18). The van der Waals surface area contributed by atoms with Crippen LogP contribution in [0.15, 0.2) is 41.1 Å². The molecule has 2 rings (SSSR count). The summed E-state index contributed by atoms with van der Waals surface area (Å²) in [6, 6.07) is 6.13. The number of rotatable bonds is 4. The van der Waals surface area contributed by atoms with Crippen LogP contribution >= 0.6 is 15.9 Å². The number of anilines is 1. The molecule has 0 aliphatic rings. The number of nitrogens with zero attached hydrogens (tertiary/aromatic N) is 1. The van der Waals surface area contributed by atoms with E-state index in [0.717, 1.165) is 5.56 Å². The van der Waals surface area contributed by atoms with Crippen LogP contribution in [0.25, 0.3) is 0 Å². The maximum absolute atomic E-state index is 13.9. The van der Waals surface area contributed by atoms with Crippen molar-refractivity contribution >= 4 is 21.6 Å². The van der Waals surface area contributed by atoms with E-state index >= 15 is 0 Å². The van der Waals surface area contributed by atoms with Crippen molar-refractivity contribution < 1.29 is 4.39 Å². The molecule has 0 bridgehead atoms. The molecule has 19 heavy (non-hydrogen) atoms. The average Bonchev–Trinajstić information content (AvgIpc) is 2.39. The Morgan fingerprint density at radius 3 is 2.79 bits per heavy atom. The van der Waals surface area contributed by atoms with Gasteiger partial charge in [-0.1, -0.05) is 22.0 Å². The van der Waals surface area contributed by atoms with Crippen molar-refractivity contribution in [1.82, 2.24) is 10.4 Å². The molecule has 1 aromatic heterocycles. The summed E-state index contributed by atoms with van der Waals surface area (Å²) in [6.07, 6.45) is 3.73. The zero-order valence-corrected chi connectivity index (χ0v) is 11.7. The Kier molecular flexibility index (Phi) is 4.47. The average molecular weight is 325 g/mol. The van der Waals surface area contributed by atoms with E-state index < -0.39 is 0 Å². The van der Waals surface area contributed by atoms with Crippen LogP contribution in [-0.4, -0.2) is 4.98 Å². The fourth-order valence-electron chi connectivity index (χ4n) is 1.92. The molecular weight excluding hydrogens is 311 g/mol. The Morgan fingerprint density at radius 1 is 1.37 bits per heavy atom. The van der Waals surface area contributed by atoms with Crippen molar-refractivity contribution in [2.24, 2.45) is 5.84 Å². The SMILES string of the molecule is NNC(Cc1cnccc1N)c1c(F)cccc1Br. The zero-order valence-electron chi connectivity index (χ0n) is 10.1. The van der Waals surface area contributed by atoms with Gasteiger partial charge in [-0.2, -0.15) is 0 Å². The summed E-state index contributed by atoms with van der Waals surface area (Å²) in [7, 11) is 0. The molecule has 1 heterocycles. The lowest BCUT2D eigenvalue weighted by molar-refractivity contribution is 0.508. The molecular formula is C13H14BrFN4. The van der Waals surface area contributed by atoms with Gasteiger partial charge in [0.1, 0.15) is 5.82 Å². The maximum atomic E-state index is 13.9. The number of nitrogens with two attached hydrogens (primary N) is 2. The van der Waals surface area contributed by atoms with Gasteiger partial charge in [-0.05, 0) is 30.2 Å². The summed E-state index contributed by atoms with van der Waals surface area (Å²) in [5.74, 6) is 5.22. The number of nitrogen functional groups attached to an aromatic ring is 1. The first-order valence-corrected chi connectivity index (χ1v) is 6.51. The Labute approximate surface area is 119 Å². The van der Waals surface area contributed by atoms with Crippen LogP contribution in [0.2, 0.25) is 0 Å². The molecule has 0 aliphatic heterocycles. The Bertz CT molecular complexity index is 556. The molecule has 0 spiro atoms. The first-order chi connectivity index (χ1) is 9.13. The summed E-state index contributed by atoms with van der Waals surface area (Å²) in [6.45, 7) is 0. The van der Waals surface area contributed by atoms with Gasteiger partial charge in [0, 0.05) is 28.1 Å². The molecule has 5 N–H and O–H groups in total. The van der Waals surface area contributed by atoms with Crippen LogP contribution in [0, 0.1) is 5.82 Å². The zero-order chi connectivity index (χ0) is 13.8. The normalized spacial score (nSPS) is 12.4. The molecule has 6 heteroatoms. The fraction of sp³-hybridized carbons (Fsp3) is 0.154. The van der Waals surface area contributed by atoms with Crippen LogP contribution in [0.5, 0.6) is 0 Å². The summed E-state index contributed by atoms with van der Waals surface area (Å²) in [5.41, 5.74) is 10.4. The molecule has 0 saturated carbocycles. The Morgan fingerprint density at radius 2 is 2.16 bits per heavy atom. The highest BCUT2D eigenvalue weighted by Gasteiger charge is 2.19. The van der Waals surface area contributed by atoms with Gasteiger partial charge in [-0.3, -0.25) is 16.3 Å². The second kappa shape index (κ2) is 6.10. The van der Waals surface area contributed by atoms with Crippen LogP contribution in [0.1, 0.15) is 17.2 Å². The van der Waals surface area contributed by atoms with E-state index in [0.29, 0.717) is 22.1 Å². The first-order valence-electron chi connectivity index (χ1n) is 5.72. The number of hydrazine groups is 1. The second-order valence-electron chi connectivity index (χ2n) is 4.13. The van der Waals surface area contributed by atoms with E-state index in [1.807, 2.05) is 0 Å². The quantitative estimate of drug-likeness (QED) is 0.595. The van der Waals surface area contributed by atoms with Gasteiger partial charge in [0.05, 0.1) is 6.04 Å². The number of nitrogens with one attached hydrogen (secondary N) is 1. The molecule has 0 saturated heterocycles. The first kappa shape index (κ1) is 13.9. The number of hydrogen-bond donors (Lipinski definition) is 3.